The standard InChI is InChI=1S/C22H36N2O4/c1-17(2)19(5)7-9-21(17,11-13(19)25)15(27)23-24-16(28)22-10-8-20(6,14(26)12-22)18(22,3)4/h13-14,25-26H,7-12H2,1-6H3,(H,23,27)(H,24,28)/t13-,14-,19-,20+,21+,22-/m0/s1. The minimum atomic E-state index is -0.666. The van der Waals surface area contributed by atoms with E-state index in [1.165, 1.54) is 0 Å². The molecule has 4 N–H and O–H groups in total. The maximum absolute atomic E-state index is 13.3. The van der Waals surface area contributed by atoms with Crippen LogP contribution in [0, 0.1) is 32.5 Å². The normalized spacial score (nSPS) is 50.0. The van der Waals surface area contributed by atoms with Gasteiger partial charge in [-0.15, -0.1) is 0 Å². The summed E-state index contributed by atoms with van der Waals surface area (Å²) in [5, 5.41) is 21.2. The molecule has 6 heteroatoms. The minimum Gasteiger partial charge on any atom is -0.393 e. The average Bonchev–Trinajstić information content (AvgIpc) is 3.07. The van der Waals surface area contributed by atoms with Gasteiger partial charge >= 0.3 is 0 Å². The molecule has 28 heavy (non-hydrogen) atoms. The fraction of sp³-hybridized carbons (Fsp3) is 0.909. The van der Waals surface area contributed by atoms with Crippen LogP contribution in [0.2, 0.25) is 0 Å². The van der Waals surface area contributed by atoms with E-state index in [1.807, 2.05) is 0 Å². The van der Waals surface area contributed by atoms with Crippen LogP contribution in [0.5, 0.6) is 0 Å². The molecule has 0 radical (unpaired) electrons. The lowest BCUT2D eigenvalue weighted by atomic mass is 9.64. The molecule has 158 valence electrons. The molecule has 0 unspecified atom stereocenters. The molecule has 4 saturated carbocycles. The lowest BCUT2D eigenvalue weighted by Gasteiger charge is -2.41. The highest BCUT2D eigenvalue weighted by Crippen LogP contribution is 2.73. The van der Waals surface area contributed by atoms with E-state index in [2.05, 4.69) is 52.4 Å². The number of hydrazine groups is 1. The van der Waals surface area contributed by atoms with Crippen LogP contribution in [0.4, 0.5) is 0 Å². The molecular formula is C22H36N2O4. The molecule has 2 amide bonds. The summed E-state index contributed by atoms with van der Waals surface area (Å²) in [6, 6.07) is 0. The van der Waals surface area contributed by atoms with Crippen LogP contribution in [-0.4, -0.2) is 34.2 Å². The lowest BCUT2D eigenvalue weighted by molar-refractivity contribution is -0.145. The molecule has 0 heterocycles. The van der Waals surface area contributed by atoms with Crippen LogP contribution in [0.3, 0.4) is 0 Å². The number of nitrogens with one attached hydrogen (secondary N) is 2. The van der Waals surface area contributed by atoms with Gasteiger partial charge in [0.2, 0.25) is 11.8 Å². The van der Waals surface area contributed by atoms with Crippen LogP contribution in [0.15, 0.2) is 0 Å². The largest absolute Gasteiger partial charge is 0.393 e. The van der Waals surface area contributed by atoms with Crippen molar-refractivity contribution in [3.8, 4) is 0 Å². The Bertz CT molecular complexity index is 687. The van der Waals surface area contributed by atoms with Gasteiger partial charge in [-0.25, -0.2) is 0 Å². The van der Waals surface area contributed by atoms with E-state index in [0.29, 0.717) is 12.8 Å². The molecule has 6 atom stereocenters. The summed E-state index contributed by atoms with van der Waals surface area (Å²) >= 11 is 0. The van der Waals surface area contributed by atoms with Gasteiger partial charge in [0, 0.05) is 0 Å². The SMILES string of the molecule is CC1(C)[C@]2(C(=O)NNC(=O)[C@]34CC[C@](C)([C@@H](O)C3)C4(C)C)CC[C@@]1(C)[C@@H](O)C2. The number of rotatable bonds is 2. The van der Waals surface area contributed by atoms with E-state index in [4.69, 9.17) is 0 Å². The second kappa shape index (κ2) is 5.31. The number of hydrogen-bond acceptors (Lipinski definition) is 4. The van der Waals surface area contributed by atoms with Crippen LogP contribution in [-0.2, 0) is 9.59 Å². The molecule has 0 aromatic heterocycles. The molecule has 0 saturated heterocycles. The Morgan fingerprint density at radius 2 is 1.00 bits per heavy atom. The first-order valence-corrected chi connectivity index (χ1v) is 10.7. The van der Waals surface area contributed by atoms with Crippen LogP contribution >= 0.6 is 0 Å². The summed E-state index contributed by atoms with van der Waals surface area (Å²) in [5.74, 6) is -0.390. The van der Waals surface area contributed by atoms with Gasteiger partial charge in [-0.05, 0) is 60.2 Å². The van der Waals surface area contributed by atoms with E-state index in [0.717, 1.165) is 25.7 Å². The molecule has 4 aliphatic rings. The molecule has 0 spiro atoms. The van der Waals surface area contributed by atoms with Gasteiger partial charge in [-0.1, -0.05) is 41.5 Å². The van der Waals surface area contributed by atoms with Gasteiger partial charge in [0.25, 0.3) is 0 Å². The average molecular weight is 393 g/mol. The van der Waals surface area contributed by atoms with E-state index < -0.39 is 23.0 Å². The smallest absolute Gasteiger partial charge is 0.245 e. The first-order chi connectivity index (χ1) is 12.7. The Kier molecular flexibility index (Phi) is 3.82. The monoisotopic (exact) mass is 392 g/mol. The third kappa shape index (κ3) is 1.83. The second-order valence-corrected chi connectivity index (χ2v) is 11.6. The molecular weight excluding hydrogens is 356 g/mol. The number of hydrogen-bond donors (Lipinski definition) is 4. The van der Waals surface area contributed by atoms with Crippen molar-refractivity contribution >= 4 is 11.8 Å². The molecule has 6 nitrogen and oxygen atoms in total. The van der Waals surface area contributed by atoms with Crippen molar-refractivity contribution in [1.29, 1.82) is 0 Å². The molecule has 4 rings (SSSR count). The number of fused-ring (bicyclic) bond motifs is 4. The maximum atomic E-state index is 13.3. The Labute approximate surface area is 167 Å². The van der Waals surface area contributed by atoms with E-state index in [1.54, 1.807) is 0 Å². The van der Waals surface area contributed by atoms with E-state index >= 15 is 0 Å². The highest BCUT2D eigenvalue weighted by atomic mass is 16.3. The van der Waals surface area contributed by atoms with Crippen LogP contribution in [0.25, 0.3) is 0 Å². The van der Waals surface area contributed by atoms with E-state index in [9.17, 15) is 19.8 Å². The highest BCUT2D eigenvalue weighted by molar-refractivity contribution is 5.90. The summed E-state index contributed by atoms with van der Waals surface area (Å²) in [5.41, 5.74) is 2.87. The number of carbonyl (C=O) groups is 2. The summed E-state index contributed by atoms with van der Waals surface area (Å²) in [7, 11) is 0. The lowest BCUT2D eigenvalue weighted by Crippen LogP contribution is -2.56. The van der Waals surface area contributed by atoms with Crippen molar-refractivity contribution in [2.24, 2.45) is 32.5 Å². The highest BCUT2D eigenvalue weighted by Gasteiger charge is 2.73. The quantitative estimate of drug-likeness (QED) is 0.542. The summed E-state index contributed by atoms with van der Waals surface area (Å²) in [6.45, 7) is 12.4. The zero-order valence-corrected chi connectivity index (χ0v) is 18.1. The van der Waals surface area contributed by atoms with Crippen molar-refractivity contribution in [3.63, 3.8) is 0 Å². The Morgan fingerprint density at radius 3 is 1.21 bits per heavy atom. The van der Waals surface area contributed by atoms with Crippen molar-refractivity contribution in [2.75, 3.05) is 0 Å². The zero-order valence-electron chi connectivity index (χ0n) is 18.1. The van der Waals surface area contributed by atoms with Crippen molar-refractivity contribution in [2.45, 2.75) is 92.3 Å². The number of amides is 2. The van der Waals surface area contributed by atoms with Crippen molar-refractivity contribution < 1.29 is 19.8 Å². The Balaban J connectivity index is 1.52. The van der Waals surface area contributed by atoms with Gasteiger partial charge in [-0.2, -0.15) is 0 Å². The molecule has 4 aliphatic carbocycles. The van der Waals surface area contributed by atoms with Gasteiger partial charge in [0.1, 0.15) is 0 Å². The van der Waals surface area contributed by atoms with Crippen molar-refractivity contribution in [1.82, 2.24) is 10.9 Å². The fourth-order valence-electron chi connectivity index (χ4n) is 7.61. The maximum Gasteiger partial charge on any atom is 0.245 e. The van der Waals surface area contributed by atoms with Crippen LogP contribution in [0.1, 0.15) is 80.1 Å². The number of aliphatic hydroxyl groups is 2. The second-order valence-electron chi connectivity index (χ2n) is 11.6. The predicted octanol–water partition coefficient (Wildman–Crippen LogP) is 2.29. The summed E-state index contributed by atoms with van der Waals surface area (Å²) < 4.78 is 0. The Morgan fingerprint density at radius 1 is 0.679 bits per heavy atom. The van der Waals surface area contributed by atoms with Gasteiger partial charge in [0.15, 0.2) is 0 Å². The van der Waals surface area contributed by atoms with Gasteiger partial charge in [0.05, 0.1) is 23.0 Å². The number of aliphatic hydroxyl groups excluding tert-OH is 2. The molecule has 0 aliphatic heterocycles. The molecule has 4 bridgehead atoms. The molecule has 0 aromatic carbocycles. The summed E-state index contributed by atoms with van der Waals surface area (Å²) in [4.78, 5) is 26.5. The summed E-state index contributed by atoms with van der Waals surface area (Å²) in [6.07, 6.45) is 2.93. The topological polar surface area (TPSA) is 98.7 Å². The fourth-order valence-corrected chi connectivity index (χ4v) is 7.61. The third-order valence-electron chi connectivity index (χ3n) is 11.1. The molecule has 0 aromatic rings. The molecule has 4 fully saturated rings. The minimum absolute atomic E-state index is 0.195. The van der Waals surface area contributed by atoms with E-state index in [-0.39, 0.29) is 33.5 Å². The first kappa shape index (κ1) is 20.1. The number of carbonyl (C=O) groups excluding carboxylic acids is 2. The van der Waals surface area contributed by atoms with Gasteiger partial charge in [-0.3, -0.25) is 20.4 Å². The van der Waals surface area contributed by atoms with Crippen LogP contribution < -0.4 is 10.9 Å². The third-order valence-corrected chi connectivity index (χ3v) is 11.1. The van der Waals surface area contributed by atoms with Gasteiger partial charge < -0.3 is 10.2 Å². The first-order valence-electron chi connectivity index (χ1n) is 10.7. The Hall–Kier alpha value is -1.14. The predicted molar refractivity (Wildman–Crippen MR) is 105 cm³/mol. The zero-order chi connectivity index (χ0) is 21.0. The van der Waals surface area contributed by atoms with Crippen molar-refractivity contribution in [3.05, 3.63) is 0 Å².